The van der Waals surface area contributed by atoms with E-state index in [-0.39, 0.29) is 36.9 Å². The highest BCUT2D eigenvalue weighted by atomic mass is 19.3. The summed E-state index contributed by atoms with van der Waals surface area (Å²) in [6.45, 7) is 3.80. The lowest BCUT2D eigenvalue weighted by atomic mass is 9.68. The third-order valence-corrected chi connectivity index (χ3v) is 7.42. The minimum atomic E-state index is -2.68. The van der Waals surface area contributed by atoms with Crippen LogP contribution in [0.15, 0.2) is 54.6 Å². The molecular weight excluding hydrogens is 448 g/mol. The second kappa shape index (κ2) is 9.02. The first-order valence-corrected chi connectivity index (χ1v) is 12.2. The van der Waals surface area contributed by atoms with E-state index >= 15 is 0 Å². The van der Waals surface area contributed by atoms with Crippen LogP contribution in [0, 0.1) is 19.8 Å². The van der Waals surface area contributed by atoms with Gasteiger partial charge in [0.15, 0.2) is 5.78 Å². The number of benzene rings is 2. The van der Waals surface area contributed by atoms with Gasteiger partial charge in [0.25, 0.3) is 5.91 Å². The molecule has 1 aromatic heterocycles. The number of halogens is 2. The van der Waals surface area contributed by atoms with Crippen molar-refractivity contribution in [1.82, 2.24) is 15.1 Å². The topological polar surface area (TPSA) is 64.0 Å². The molecule has 2 aliphatic carbocycles. The summed E-state index contributed by atoms with van der Waals surface area (Å²) in [5.41, 5.74) is 4.75. The molecule has 1 N–H and O–H groups in total. The van der Waals surface area contributed by atoms with Gasteiger partial charge in [0, 0.05) is 29.9 Å². The van der Waals surface area contributed by atoms with Crippen LogP contribution in [-0.2, 0) is 11.2 Å². The van der Waals surface area contributed by atoms with E-state index < -0.39 is 17.9 Å². The molecule has 7 heteroatoms. The highest BCUT2D eigenvalue weighted by Crippen LogP contribution is 2.47. The Hall–Kier alpha value is -3.35. The van der Waals surface area contributed by atoms with Crippen molar-refractivity contribution in [3.05, 3.63) is 82.7 Å². The van der Waals surface area contributed by atoms with Crippen LogP contribution in [0.3, 0.4) is 0 Å². The largest absolute Gasteiger partial charge is 0.342 e. The second-order valence-corrected chi connectivity index (χ2v) is 9.88. The molecule has 2 aromatic carbocycles. The van der Waals surface area contributed by atoms with Crippen molar-refractivity contribution in [2.75, 3.05) is 0 Å². The summed E-state index contributed by atoms with van der Waals surface area (Å²) in [6.07, 6.45) is 0.321. The first kappa shape index (κ1) is 23.4. The lowest BCUT2D eigenvalue weighted by Crippen LogP contribution is -2.51. The molecule has 2 aliphatic rings. The molecule has 1 saturated carbocycles. The average molecular weight is 478 g/mol. The Bertz CT molecular complexity index is 1260. The molecule has 182 valence electrons. The predicted octanol–water partition coefficient (Wildman–Crippen LogP) is 5.32. The molecule has 5 nitrogen and oxygen atoms in total. The summed E-state index contributed by atoms with van der Waals surface area (Å²) in [6, 6.07) is 16.0. The number of fused-ring (bicyclic) bond motifs is 1. The van der Waals surface area contributed by atoms with Gasteiger partial charge in [0.1, 0.15) is 0 Å². The first-order valence-electron chi connectivity index (χ1n) is 12.2. The van der Waals surface area contributed by atoms with Gasteiger partial charge in [-0.05, 0) is 56.9 Å². The molecule has 5 rings (SSSR count). The zero-order valence-electron chi connectivity index (χ0n) is 19.9. The fraction of sp³-hybridized carbons (Fsp3) is 0.393. The van der Waals surface area contributed by atoms with Gasteiger partial charge in [-0.2, -0.15) is 5.10 Å². The van der Waals surface area contributed by atoms with Gasteiger partial charge in [-0.1, -0.05) is 35.9 Å². The van der Waals surface area contributed by atoms with Crippen LogP contribution in [0.1, 0.15) is 64.5 Å². The summed E-state index contributed by atoms with van der Waals surface area (Å²) >= 11 is 0. The third-order valence-electron chi connectivity index (χ3n) is 7.42. The number of Topliss-reactive ketones (excluding diaryl/α,β-unsaturated/α-hetero) is 1. The van der Waals surface area contributed by atoms with Gasteiger partial charge in [-0.3, -0.25) is 9.59 Å². The van der Waals surface area contributed by atoms with E-state index in [1.54, 1.807) is 22.9 Å². The van der Waals surface area contributed by atoms with Crippen LogP contribution in [0.5, 0.6) is 0 Å². The quantitative estimate of drug-likeness (QED) is 0.553. The lowest BCUT2D eigenvalue weighted by molar-refractivity contribution is -0.122. The number of ketones is 1. The van der Waals surface area contributed by atoms with Gasteiger partial charge in [-0.25, -0.2) is 13.5 Å². The molecule has 2 atom stereocenters. The third kappa shape index (κ3) is 4.51. The maximum absolute atomic E-state index is 14.0. The Labute approximate surface area is 203 Å². The molecule has 0 radical (unpaired) electrons. The van der Waals surface area contributed by atoms with Gasteiger partial charge in [0.2, 0.25) is 5.92 Å². The summed E-state index contributed by atoms with van der Waals surface area (Å²) in [4.78, 5) is 26.7. The van der Waals surface area contributed by atoms with Gasteiger partial charge in [-0.15, -0.1) is 0 Å². The molecule has 0 saturated heterocycles. The van der Waals surface area contributed by atoms with E-state index in [9.17, 15) is 18.4 Å². The molecule has 35 heavy (non-hydrogen) atoms. The molecule has 0 spiro atoms. The Morgan fingerprint density at radius 3 is 2.46 bits per heavy atom. The predicted molar refractivity (Wildman–Crippen MR) is 129 cm³/mol. The number of hydrogen-bond donors (Lipinski definition) is 1. The molecule has 1 heterocycles. The standard InChI is InChI=1S/C28H29F2N3O2/c1-17-7-6-8-20(15-17)27(35)31-26-23(34)16-22-24(25(26)19-11-13-28(29,30)14-12-19)18(2)32-33(22)21-9-4-3-5-10-21/h3-10,15,19,25-26H,11-14,16H2,1-2H3,(H,31,35)/t25-,26+/m0/s1. The van der Waals surface area contributed by atoms with Crippen LogP contribution in [0.25, 0.3) is 5.69 Å². The lowest BCUT2D eigenvalue weighted by Gasteiger charge is -2.40. The number of aryl methyl sites for hydroxylation is 2. The van der Waals surface area contributed by atoms with Crippen molar-refractivity contribution in [1.29, 1.82) is 0 Å². The van der Waals surface area contributed by atoms with Crippen LogP contribution >= 0.6 is 0 Å². The first-order chi connectivity index (χ1) is 16.7. The summed E-state index contributed by atoms with van der Waals surface area (Å²) < 4.78 is 29.9. The van der Waals surface area contributed by atoms with Crippen LogP contribution in [0.4, 0.5) is 8.78 Å². The smallest absolute Gasteiger partial charge is 0.251 e. The zero-order chi connectivity index (χ0) is 24.7. The number of rotatable bonds is 4. The van der Waals surface area contributed by atoms with Crippen LogP contribution in [0.2, 0.25) is 0 Å². The maximum atomic E-state index is 14.0. The number of nitrogens with one attached hydrogen (secondary N) is 1. The maximum Gasteiger partial charge on any atom is 0.251 e. The minimum absolute atomic E-state index is 0.113. The van der Waals surface area contributed by atoms with E-state index in [4.69, 9.17) is 5.10 Å². The highest BCUT2D eigenvalue weighted by molar-refractivity contribution is 5.99. The van der Waals surface area contributed by atoms with Crippen molar-refractivity contribution in [3.8, 4) is 5.69 Å². The summed E-state index contributed by atoms with van der Waals surface area (Å²) in [7, 11) is 0. The van der Waals surface area contributed by atoms with E-state index in [1.165, 1.54) is 0 Å². The van der Waals surface area contributed by atoms with Crippen LogP contribution < -0.4 is 5.32 Å². The average Bonchev–Trinajstić information content (AvgIpc) is 3.16. The van der Waals surface area contributed by atoms with E-state index in [2.05, 4.69) is 5.32 Å². The number of carbonyl (C=O) groups excluding carboxylic acids is 2. The number of alkyl halides is 2. The number of nitrogens with zero attached hydrogens (tertiary/aromatic N) is 2. The number of hydrogen-bond acceptors (Lipinski definition) is 3. The molecule has 0 aliphatic heterocycles. The van der Waals surface area contributed by atoms with Crippen molar-refractivity contribution >= 4 is 11.7 Å². The van der Waals surface area contributed by atoms with Gasteiger partial charge in [0.05, 0.1) is 29.5 Å². The minimum Gasteiger partial charge on any atom is -0.342 e. The van der Waals surface area contributed by atoms with Gasteiger partial charge >= 0.3 is 0 Å². The number of para-hydroxylation sites is 1. The molecule has 0 unspecified atom stereocenters. The van der Waals surface area contributed by atoms with Crippen molar-refractivity contribution in [2.24, 2.45) is 5.92 Å². The van der Waals surface area contributed by atoms with E-state index in [0.717, 1.165) is 28.2 Å². The number of amides is 1. The van der Waals surface area contributed by atoms with Gasteiger partial charge < -0.3 is 5.32 Å². The fourth-order valence-electron chi connectivity index (χ4n) is 5.73. The Kier molecular flexibility index (Phi) is 6.03. The highest BCUT2D eigenvalue weighted by Gasteiger charge is 2.47. The Balaban J connectivity index is 1.56. The van der Waals surface area contributed by atoms with Crippen LogP contribution in [-0.4, -0.2) is 33.4 Å². The van der Waals surface area contributed by atoms with Crippen molar-refractivity contribution in [3.63, 3.8) is 0 Å². The summed E-state index contributed by atoms with van der Waals surface area (Å²) in [5.74, 6) is -3.66. The summed E-state index contributed by atoms with van der Waals surface area (Å²) in [5, 5.41) is 7.74. The zero-order valence-corrected chi connectivity index (χ0v) is 19.9. The Morgan fingerprint density at radius 1 is 1.06 bits per heavy atom. The van der Waals surface area contributed by atoms with E-state index in [1.807, 2.05) is 50.2 Å². The normalized spacial score (nSPS) is 22.0. The van der Waals surface area contributed by atoms with Crippen molar-refractivity contribution in [2.45, 2.75) is 63.8 Å². The fourth-order valence-corrected chi connectivity index (χ4v) is 5.73. The molecule has 1 fully saturated rings. The monoisotopic (exact) mass is 477 g/mol. The SMILES string of the molecule is Cc1cccc(C(=O)N[C@@H]2C(=O)Cc3c(c(C)nn3-c3ccccc3)[C@@H]2C2CCC(F)(F)CC2)c1. The molecule has 3 aromatic rings. The second-order valence-electron chi connectivity index (χ2n) is 9.88. The molecule has 0 bridgehead atoms. The van der Waals surface area contributed by atoms with Crippen molar-refractivity contribution < 1.29 is 18.4 Å². The van der Waals surface area contributed by atoms with E-state index in [0.29, 0.717) is 18.4 Å². The molecular formula is C28H29F2N3O2. The molecule has 1 amide bonds. The number of carbonyl (C=O) groups is 2. The Morgan fingerprint density at radius 2 is 1.77 bits per heavy atom. The number of aromatic nitrogens is 2.